The average molecular weight is 193 g/mol. The van der Waals surface area contributed by atoms with Gasteiger partial charge in [0.1, 0.15) is 5.82 Å². The molecular formula is C12H16FN. The molecule has 0 fully saturated rings. The molecule has 0 heterocycles. The lowest BCUT2D eigenvalue weighted by molar-refractivity contribution is 0.402. The van der Waals surface area contributed by atoms with Crippen LogP contribution in [0.1, 0.15) is 30.9 Å². The van der Waals surface area contributed by atoms with E-state index in [9.17, 15) is 4.39 Å². The van der Waals surface area contributed by atoms with E-state index in [1.54, 1.807) is 6.07 Å². The standard InChI is InChI=1S/C12H16FN/c1-12(8-14)6-2-3-9-7-10(13)4-5-11(9)12/h4-5,7H,2-3,6,8,14H2,1H3. The average Bonchev–Trinajstić information content (AvgIpc) is 2.18. The molecule has 1 nitrogen and oxygen atoms in total. The Hall–Kier alpha value is -0.890. The summed E-state index contributed by atoms with van der Waals surface area (Å²) in [4.78, 5) is 0. The van der Waals surface area contributed by atoms with Crippen molar-refractivity contribution in [3.8, 4) is 0 Å². The third kappa shape index (κ3) is 1.44. The number of fused-ring (bicyclic) bond motifs is 1. The summed E-state index contributed by atoms with van der Waals surface area (Å²) in [5.41, 5.74) is 8.24. The Morgan fingerprint density at radius 1 is 1.50 bits per heavy atom. The highest BCUT2D eigenvalue weighted by Crippen LogP contribution is 2.36. The van der Waals surface area contributed by atoms with Crippen LogP contribution in [0, 0.1) is 5.82 Å². The zero-order valence-corrected chi connectivity index (χ0v) is 8.52. The maximum Gasteiger partial charge on any atom is 0.123 e. The largest absolute Gasteiger partial charge is 0.330 e. The van der Waals surface area contributed by atoms with Crippen LogP contribution in [0.2, 0.25) is 0 Å². The minimum absolute atomic E-state index is 0.0568. The van der Waals surface area contributed by atoms with Gasteiger partial charge < -0.3 is 5.73 Å². The third-order valence-electron chi connectivity index (χ3n) is 3.34. The summed E-state index contributed by atoms with van der Waals surface area (Å²) in [5, 5.41) is 0. The van der Waals surface area contributed by atoms with Crippen LogP contribution in [-0.2, 0) is 11.8 Å². The van der Waals surface area contributed by atoms with Gasteiger partial charge in [0, 0.05) is 12.0 Å². The van der Waals surface area contributed by atoms with Crippen LogP contribution < -0.4 is 5.73 Å². The number of hydrogen-bond donors (Lipinski definition) is 1. The van der Waals surface area contributed by atoms with Gasteiger partial charge in [-0.2, -0.15) is 0 Å². The zero-order valence-electron chi connectivity index (χ0n) is 8.52. The first kappa shape index (κ1) is 9.66. The van der Waals surface area contributed by atoms with Crippen molar-refractivity contribution in [2.24, 2.45) is 5.73 Å². The summed E-state index contributed by atoms with van der Waals surface area (Å²) in [6, 6.07) is 5.09. The number of rotatable bonds is 1. The Balaban J connectivity index is 2.50. The van der Waals surface area contributed by atoms with E-state index in [0.29, 0.717) is 6.54 Å². The van der Waals surface area contributed by atoms with Crippen LogP contribution in [0.15, 0.2) is 18.2 Å². The van der Waals surface area contributed by atoms with Gasteiger partial charge in [0.15, 0.2) is 0 Å². The van der Waals surface area contributed by atoms with Gasteiger partial charge in [-0.05, 0) is 42.5 Å². The molecule has 0 amide bonds. The van der Waals surface area contributed by atoms with E-state index in [2.05, 4.69) is 6.92 Å². The van der Waals surface area contributed by atoms with E-state index >= 15 is 0 Å². The van der Waals surface area contributed by atoms with E-state index in [0.717, 1.165) is 24.8 Å². The van der Waals surface area contributed by atoms with Gasteiger partial charge in [-0.15, -0.1) is 0 Å². The van der Waals surface area contributed by atoms with E-state index in [1.165, 1.54) is 11.6 Å². The first-order chi connectivity index (χ1) is 6.65. The Bertz CT molecular complexity index is 348. The molecule has 2 heteroatoms. The molecule has 1 aliphatic rings. The van der Waals surface area contributed by atoms with Crippen LogP contribution >= 0.6 is 0 Å². The highest BCUT2D eigenvalue weighted by Gasteiger charge is 2.30. The number of aryl methyl sites for hydroxylation is 1. The van der Waals surface area contributed by atoms with Crippen molar-refractivity contribution in [2.75, 3.05) is 6.54 Å². The molecule has 1 aromatic carbocycles. The summed E-state index contributed by atoms with van der Waals surface area (Å²) in [7, 11) is 0. The Morgan fingerprint density at radius 3 is 3.00 bits per heavy atom. The maximum atomic E-state index is 13.0. The predicted octanol–water partition coefficient (Wildman–Crippen LogP) is 2.38. The van der Waals surface area contributed by atoms with Crippen molar-refractivity contribution < 1.29 is 4.39 Å². The molecule has 76 valence electrons. The summed E-state index contributed by atoms with van der Waals surface area (Å²) < 4.78 is 13.0. The Morgan fingerprint density at radius 2 is 2.29 bits per heavy atom. The van der Waals surface area contributed by atoms with Crippen molar-refractivity contribution in [2.45, 2.75) is 31.6 Å². The molecule has 1 aliphatic carbocycles. The molecule has 0 saturated heterocycles. The second kappa shape index (κ2) is 3.35. The van der Waals surface area contributed by atoms with Crippen molar-refractivity contribution in [3.05, 3.63) is 35.1 Å². The quantitative estimate of drug-likeness (QED) is 0.728. The number of hydrogen-bond acceptors (Lipinski definition) is 1. The molecule has 1 atom stereocenters. The minimum Gasteiger partial charge on any atom is -0.330 e. The molecule has 0 aromatic heterocycles. The fourth-order valence-electron chi connectivity index (χ4n) is 2.37. The van der Waals surface area contributed by atoms with Gasteiger partial charge in [0.05, 0.1) is 0 Å². The Kier molecular flexibility index (Phi) is 2.31. The Labute approximate surface area is 84.1 Å². The van der Waals surface area contributed by atoms with Gasteiger partial charge in [-0.1, -0.05) is 13.0 Å². The number of nitrogens with two attached hydrogens (primary N) is 1. The monoisotopic (exact) mass is 193 g/mol. The van der Waals surface area contributed by atoms with E-state index in [-0.39, 0.29) is 11.2 Å². The number of halogens is 1. The van der Waals surface area contributed by atoms with Crippen LogP contribution in [-0.4, -0.2) is 6.54 Å². The SMILES string of the molecule is CC1(CN)CCCc2cc(F)ccc21. The summed E-state index contributed by atoms with van der Waals surface area (Å²) in [6.45, 7) is 2.81. The van der Waals surface area contributed by atoms with Crippen LogP contribution in [0.3, 0.4) is 0 Å². The molecule has 1 unspecified atom stereocenters. The molecular weight excluding hydrogens is 177 g/mol. The van der Waals surface area contributed by atoms with Gasteiger partial charge in [0.2, 0.25) is 0 Å². The normalized spacial score (nSPS) is 25.9. The maximum absolute atomic E-state index is 13.0. The van der Waals surface area contributed by atoms with Gasteiger partial charge in [-0.3, -0.25) is 0 Å². The highest BCUT2D eigenvalue weighted by molar-refractivity contribution is 5.37. The van der Waals surface area contributed by atoms with Gasteiger partial charge in [0.25, 0.3) is 0 Å². The molecule has 0 radical (unpaired) electrons. The molecule has 0 aliphatic heterocycles. The van der Waals surface area contributed by atoms with Gasteiger partial charge >= 0.3 is 0 Å². The van der Waals surface area contributed by atoms with Crippen LogP contribution in [0.4, 0.5) is 4.39 Å². The van der Waals surface area contributed by atoms with Gasteiger partial charge in [-0.25, -0.2) is 4.39 Å². The lowest BCUT2D eigenvalue weighted by atomic mass is 9.71. The topological polar surface area (TPSA) is 26.0 Å². The molecule has 0 spiro atoms. The van der Waals surface area contributed by atoms with Crippen LogP contribution in [0.25, 0.3) is 0 Å². The third-order valence-corrected chi connectivity index (χ3v) is 3.34. The molecule has 14 heavy (non-hydrogen) atoms. The van der Waals surface area contributed by atoms with E-state index in [4.69, 9.17) is 5.73 Å². The molecule has 2 rings (SSSR count). The first-order valence-electron chi connectivity index (χ1n) is 5.15. The van der Waals surface area contributed by atoms with E-state index in [1.807, 2.05) is 6.07 Å². The summed E-state index contributed by atoms with van der Waals surface area (Å²) >= 11 is 0. The lowest BCUT2D eigenvalue weighted by Gasteiger charge is -2.34. The van der Waals surface area contributed by atoms with Crippen molar-refractivity contribution in [1.29, 1.82) is 0 Å². The van der Waals surface area contributed by atoms with E-state index < -0.39 is 0 Å². The molecule has 1 aromatic rings. The summed E-state index contributed by atoms with van der Waals surface area (Å²) in [6.07, 6.45) is 3.22. The second-order valence-electron chi connectivity index (χ2n) is 4.42. The smallest absolute Gasteiger partial charge is 0.123 e. The number of benzene rings is 1. The van der Waals surface area contributed by atoms with Crippen molar-refractivity contribution >= 4 is 0 Å². The zero-order chi connectivity index (χ0) is 10.2. The van der Waals surface area contributed by atoms with Crippen molar-refractivity contribution in [1.82, 2.24) is 0 Å². The molecule has 0 bridgehead atoms. The predicted molar refractivity (Wildman–Crippen MR) is 55.7 cm³/mol. The molecule has 0 saturated carbocycles. The van der Waals surface area contributed by atoms with Crippen LogP contribution in [0.5, 0.6) is 0 Å². The lowest BCUT2D eigenvalue weighted by Crippen LogP contribution is -2.35. The minimum atomic E-state index is -0.134. The fourth-order valence-corrected chi connectivity index (χ4v) is 2.37. The van der Waals surface area contributed by atoms with Crippen molar-refractivity contribution in [3.63, 3.8) is 0 Å². The fraction of sp³-hybridized carbons (Fsp3) is 0.500. The summed E-state index contributed by atoms with van der Waals surface area (Å²) in [5.74, 6) is -0.134. The highest BCUT2D eigenvalue weighted by atomic mass is 19.1. The second-order valence-corrected chi connectivity index (χ2v) is 4.42. The molecule has 2 N–H and O–H groups in total. The first-order valence-corrected chi connectivity index (χ1v) is 5.15.